The zero-order valence-corrected chi connectivity index (χ0v) is 8.85. The Bertz CT molecular complexity index is 206. The number of phosphoric ester groups is 1. The van der Waals surface area contributed by atoms with Gasteiger partial charge in [0.2, 0.25) is 0 Å². The summed E-state index contributed by atoms with van der Waals surface area (Å²) in [6, 6.07) is 0. The van der Waals surface area contributed by atoms with Crippen LogP contribution in [0.15, 0.2) is 0 Å². The molecule has 2 aliphatic rings. The first kappa shape index (κ1) is 12.1. The first-order valence-electron chi connectivity index (χ1n) is 4.44. The van der Waals surface area contributed by atoms with E-state index in [0.29, 0.717) is 12.7 Å². The fraction of sp³-hybridized carbons (Fsp3) is 1.00. The molecule has 2 aliphatic heterocycles. The van der Waals surface area contributed by atoms with Gasteiger partial charge in [-0.2, -0.15) is 0 Å². The molecule has 6 nitrogen and oxygen atoms in total. The molecule has 0 aromatic carbocycles. The highest BCUT2D eigenvalue weighted by Crippen LogP contribution is 2.36. The molecule has 2 unspecified atom stereocenters. The second-order valence-electron chi connectivity index (χ2n) is 3.11. The first-order valence-corrected chi connectivity index (χ1v) is 5.97. The molecule has 0 saturated carbocycles. The maximum atomic E-state index is 9.98. The van der Waals surface area contributed by atoms with Gasteiger partial charge in [-0.3, -0.25) is 4.52 Å². The van der Waals surface area contributed by atoms with Crippen LogP contribution in [0.25, 0.3) is 0 Å². The molecule has 0 radical (unpaired) electrons. The summed E-state index contributed by atoms with van der Waals surface area (Å²) in [7, 11) is -4.26. The molecule has 0 bridgehead atoms. The third-order valence-electron chi connectivity index (χ3n) is 1.69. The van der Waals surface area contributed by atoms with Gasteiger partial charge in [-0.25, -0.2) is 4.57 Å². The van der Waals surface area contributed by atoms with Crippen molar-refractivity contribution >= 4 is 7.82 Å². The maximum Gasteiger partial charge on any atom is 0.469 e. The predicted molar refractivity (Wildman–Crippen MR) is 47.8 cm³/mol. The SMILES string of the molecule is CCC1CO1.O=P(O)(O)OCC1CO1. The van der Waals surface area contributed by atoms with Crippen molar-refractivity contribution in [2.45, 2.75) is 25.6 Å². The highest BCUT2D eigenvalue weighted by Gasteiger charge is 2.26. The molecular formula is C7H15O6P. The molecule has 2 heterocycles. The lowest BCUT2D eigenvalue weighted by Gasteiger charge is -2.00. The van der Waals surface area contributed by atoms with Gasteiger partial charge in [0.05, 0.1) is 25.9 Å². The van der Waals surface area contributed by atoms with Crippen LogP contribution >= 0.6 is 7.82 Å². The fourth-order valence-electron chi connectivity index (χ4n) is 0.648. The average molecular weight is 226 g/mol. The van der Waals surface area contributed by atoms with Crippen LogP contribution in [0.2, 0.25) is 0 Å². The van der Waals surface area contributed by atoms with Crippen molar-refractivity contribution in [3.8, 4) is 0 Å². The second-order valence-corrected chi connectivity index (χ2v) is 4.34. The summed E-state index contributed by atoms with van der Waals surface area (Å²) < 4.78 is 23.6. The Morgan fingerprint density at radius 2 is 1.86 bits per heavy atom. The Hall–Kier alpha value is 0.0300. The number of phosphoric acid groups is 1. The molecular weight excluding hydrogens is 211 g/mol. The summed E-state index contributed by atoms with van der Waals surface area (Å²) in [4.78, 5) is 16.3. The Kier molecular flexibility index (Phi) is 4.50. The van der Waals surface area contributed by atoms with E-state index < -0.39 is 7.82 Å². The third kappa shape index (κ3) is 7.44. The Balaban J connectivity index is 0.000000165. The van der Waals surface area contributed by atoms with Crippen molar-refractivity contribution in [2.75, 3.05) is 19.8 Å². The van der Waals surface area contributed by atoms with Gasteiger partial charge >= 0.3 is 7.82 Å². The predicted octanol–water partition coefficient (Wildman–Crippen LogP) is 0.290. The summed E-state index contributed by atoms with van der Waals surface area (Å²) >= 11 is 0. The molecule has 2 fully saturated rings. The zero-order valence-electron chi connectivity index (χ0n) is 7.96. The molecule has 2 saturated heterocycles. The topological polar surface area (TPSA) is 91.8 Å². The third-order valence-corrected chi connectivity index (χ3v) is 2.17. The van der Waals surface area contributed by atoms with Crippen LogP contribution in [-0.2, 0) is 18.6 Å². The highest BCUT2D eigenvalue weighted by atomic mass is 31.2. The van der Waals surface area contributed by atoms with Crippen molar-refractivity contribution in [3.63, 3.8) is 0 Å². The van der Waals surface area contributed by atoms with E-state index in [-0.39, 0.29) is 12.7 Å². The molecule has 14 heavy (non-hydrogen) atoms. The van der Waals surface area contributed by atoms with E-state index in [1.165, 1.54) is 6.42 Å². The lowest BCUT2D eigenvalue weighted by molar-refractivity contribution is 0.180. The molecule has 2 atom stereocenters. The number of hydrogen-bond donors (Lipinski definition) is 2. The molecule has 0 aromatic rings. The molecule has 0 spiro atoms. The summed E-state index contributed by atoms with van der Waals surface area (Å²) in [5.74, 6) is 0. The van der Waals surface area contributed by atoms with Crippen molar-refractivity contribution < 1.29 is 28.3 Å². The number of epoxide rings is 2. The van der Waals surface area contributed by atoms with Crippen LogP contribution in [0.1, 0.15) is 13.3 Å². The monoisotopic (exact) mass is 226 g/mol. The Labute approximate surface area is 82.4 Å². The lowest BCUT2D eigenvalue weighted by atomic mass is 10.4. The van der Waals surface area contributed by atoms with Crippen molar-refractivity contribution in [3.05, 3.63) is 0 Å². The molecule has 0 aromatic heterocycles. The Morgan fingerprint density at radius 1 is 1.36 bits per heavy atom. The van der Waals surface area contributed by atoms with Crippen molar-refractivity contribution in [2.24, 2.45) is 0 Å². The van der Waals surface area contributed by atoms with Gasteiger partial charge in [0.15, 0.2) is 0 Å². The number of ether oxygens (including phenoxy) is 2. The van der Waals surface area contributed by atoms with Gasteiger partial charge in [-0.15, -0.1) is 0 Å². The lowest BCUT2D eigenvalue weighted by Crippen LogP contribution is -1.98. The standard InChI is InChI=1S/C4H8O.C3H7O5P/c1-2-4-3-5-4;4-9(5,6)8-2-3-1-7-3/h4H,2-3H2,1H3;3H,1-2H2,(H2,4,5,6). The largest absolute Gasteiger partial charge is 0.469 e. The molecule has 2 rings (SSSR count). The first-order chi connectivity index (χ1) is 6.51. The van der Waals surface area contributed by atoms with E-state index in [2.05, 4.69) is 16.2 Å². The highest BCUT2D eigenvalue weighted by molar-refractivity contribution is 7.46. The van der Waals surface area contributed by atoms with Crippen LogP contribution in [0.5, 0.6) is 0 Å². The second kappa shape index (κ2) is 5.21. The molecule has 0 amide bonds. The smallest absolute Gasteiger partial charge is 0.373 e. The van der Waals surface area contributed by atoms with Crippen LogP contribution in [0.3, 0.4) is 0 Å². The number of hydrogen-bond acceptors (Lipinski definition) is 4. The van der Waals surface area contributed by atoms with E-state index in [1.54, 1.807) is 0 Å². The molecule has 0 aliphatic carbocycles. The summed E-state index contributed by atoms with van der Waals surface area (Å²) in [6.07, 6.45) is 1.73. The minimum Gasteiger partial charge on any atom is -0.373 e. The summed E-state index contributed by atoms with van der Waals surface area (Å²) in [6.45, 7) is 3.68. The van der Waals surface area contributed by atoms with E-state index in [0.717, 1.165) is 6.61 Å². The quantitative estimate of drug-likeness (QED) is 0.528. The van der Waals surface area contributed by atoms with Gasteiger partial charge in [-0.05, 0) is 6.42 Å². The zero-order chi connectivity index (χ0) is 10.6. The maximum absolute atomic E-state index is 9.98. The molecule has 2 N–H and O–H groups in total. The van der Waals surface area contributed by atoms with E-state index >= 15 is 0 Å². The number of rotatable bonds is 4. The minimum absolute atomic E-state index is 0.00965. The average Bonchev–Trinajstić information content (AvgIpc) is 2.96. The summed E-state index contributed by atoms with van der Waals surface area (Å²) in [5, 5.41) is 0. The van der Waals surface area contributed by atoms with Gasteiger partial charge < -0.3 is 19.3 Å². The van der Waals surface area contributed by atoms with Crippen molar-refractivity contribution in [1.29, 1.82) is 0 Å². The van der Waals surface area contributed by atoms with Crippen LogP contribution in [-0.4, -0.2) is 41.8 Å². The molecule has 84 valence electrons. The van der Waals surface area contributed by atoms with Gasteiger partial charge in [-0.1, -0.05) is 6.92 Å². The van der Waals surface area contributed by atoms with E-state index in [4.69, 9.17) is 14.5 Å². The van der Waals surface area contributed by atoms with Crippen LogP contribution in [0, 0.1) is 0 Å². The Morgan fingerprint density at radius 3 is 2.07 bits per heavy atom. The molecule has 7 heteroatoms. The fourth-order valence-corrected chi connectivity index (χ4v) is 1.01. The van der Waals surface area contributed by atoms with E-state index in [1.807, 2.05) is 0 Å². The van der Waals surface area contributed by atoms with Gasteiger partial charge in [0, 0.05) is 0 Å². The van der Waals surface area contributed by atoms with Crippen molar-refractivity contribution in [1.82, 2.24) is 0 Å². The van der Waals surface area contributed by atoms with Gasteiger partial charge in [0.1, 0.15) is 6.10 Å². The normalized spacial score (nSPS) is 29.1. The minimum atomic E-state index is -4.26. The van der Waals surface area contributed by atoms with E-state index in [9.17, 15) is 4.57 Å². The van der Waals surface area contributed by atoms with Crippen LogP contribution < -0.4 is 0 Å². The van der Waals surface area contributed by atoms with Gasteiger partial charge in [0.25, 0.3) is 0 Å². The van der Waals surface area contributed by atoms with Crippen LogP contribution in [0.4, 0.5) is 0 Å². The summed E-state index contributed by atoms with van der Waals surface area (Å²) in [5.41, 5.74) is 0.